The zero-order chi connectivity index (χ0) is 20.5. The van der Waals surface area contributed by atoms with Crippen molar-refractivity contribution in [1.82, 2.24) is 10.2 Å². The first-order valence-electron chi connectivity index (χ1n) is 9.11. The first-order valence-corrected chi connectivity index (χ1v) is 11.7. The van der Waals surface area contributed by atoms with Gasteiger partial charge in [-0.3, -0.25) is 14.5 Å². The molecule has 0 saturated carbocycles. The van der Waals surface area contributed by atoms with E-state index in [-0.39, 0.29) is 18.1 Å². The fraction of sp³-hybridized carbons (Fsp3) is 0.300. The maximum absolute atomic E-state index is 13.2. The molecule has 0 bridgehead atoms. The summed E-state index contributed by atoms with van der Waals surface area (Å²) in [6, 6.07) is 5.33. The molecule has 1 aliphatic heterocycles. The number of amides is 1. The van der Waals surface area contributed by atoms with Gasteiger partial charge in [0.05, 0.1) is 10.0 Å². The smallest absolute Gasteiger partial charge is 0.234 e. The first-order chi connectivity index (χ1) is 14.0. The van der Waals surface area contributed by atoms with Crippen molar-refractivity contribution in [3.63, 3.8) is 0 Å². The van der Waals surface area contributed by atoms with Crippen molar-refractivity contribution in [3.8, 4) is 0 Å². The van der Waals surface area contributed by atoms with E-state index >= 15 is 0 Å². The van der Waals surface area contributed by atoms with Crippen LogP contribution in [0.1, 0.15) is 37.2 Å². The van der Waals surface area contributed by atoms with Crippen LogP contribution in [0.5, 0.6) is 0 Å². The van der Waals surface area contributed by atoms with Gasteiger partial charge in [-0.2, -0.15) is 0 Å². The number of allylic oxidation sites excluding steroid dienone is 2. The highest BCUT2D eigenvalue weighted by Crippen LogP contribution is 2.46. The van der Waals surface area contributed by atoms with E-state index in [4.69, 9.17) is 23.2 Å². The fourth-order valence-electron chi connectivity index (χ4n) is 3.75. The molecular weight excluding hydrogens is 449 g/mol. The van der Waals surface area contributed by atoms with E-state index in [1.807, 2.05) is 6.07 Å². The van der Waals surface area contributed by atoms with Crippen molar-refractivity contribution in [1.29, 1.82) is 0 Å². The Hall–Kier alpha value is -1.67. The van der Waals surface area contributed by atoms with Crippen LogP contribution < -0.4 is 4.90 Å². The number of aromatic nitrogens is 2. The summed E-state index contributed by atoms with van der Waals surface area (Å²) in [7, 11) is 0. The maximum atomic E-state index is 13.2. The lowest BCUT2D eigenvalue weighted by Gasteiger charge is -2.37. The van der Waals surface area contributed by atoms with Crippen LogP contribution in [0.4, 0.5) is 5.13 Å². The molecule has 0 radical (unpaired) electrons. The van der Waals surface area contributed by atoms with Crippen LogP contribution >= 0.6 is 46.3 Å². The van der Waals surface area contributed by atoms with Crippen molar-refractivity contribution < 1.29 is 9.59 Å². The van der Waals surface area contributed by atoms with Gasteiger partial charge in [-0.05, 0) is 24.5 Å². The van der Waals surface area contributed by atoms with Gasteiger partial charge in [0.25, 0.3) is 0 Å². The molecule has 0 fully saturated rings. The summed E-state index contributed by atoms with van der Waals surface area (Å²) in [5, 5.41) is 9.69. The zero-order valence-electron chi connectivity index (χ0n) is 15.4. The molecule has 29 heavy (non-hydrogen) atoms. The van der Waals surface area contributed by atoms with Gasteiger partial charge >= 0.3 is 0 Å². The van der Waals surface area contributed by atoms with Crippen molar-refractivity contribution in [2.24, 2.45) is 0 Å². The number of Topliss-reactive ketones (excluding diaryl/α,β-unsaturated/α-hetero) is 1. The van der Waals surface area contributed by atoms with Gasteiger partial charge in [0.1, 0.15) is 0 Å². The third-order valence-electron chi connectivity index (χ3n) is 4.94. The minimum absolute atomic E-state index is 0.0514. The van der Waals surface area contributed by atoms with Crippen molar-refractivity contribution >= 4 is 63.1 Å². The second kappa shape index (κ2) is 8.60. The van der Waals surface area contributed by atoms with Crippen LogP contribution in [0.3, 0.4) is 0 Å². The second-order valence-corrected chi connectivity index (χ2v) is 9.72. The van der Waals surface area contributed by atoms with Gasteiger partial charge in [0.15, 0.2) is 10.1 Å². The lowest BCUT2D eigenvalue weighted by Crippen LogP contribution is -2.40. The molecule has 1 aromatic heterocycles. The van der Waals surface area contributed by atoms with Crippen molar-refractivity contribution in [3.05, 3.63) is 57.7 Å². The monoisotopic (exact) mass is 465 g/mol. The Morgan fingerprint density at radius 2 is 2.10 bits per heavy atom. The third-order valence-corrected chi connectivity index (χ3v) is 7.81. The first kappa shape index (κ1) is 20.6. The summed E-state index contributed by atoms with van der Waals surface area (Å²) in [5.41, 5.74) is 2.08. The quantitative estimate of drug-likeness (QED) is 0.324. The Bertz CT molecular complexity index is 1030. The Labute approximate surface area is 186 Å². The molecular formula is C20H17Cl2N3O2S2. The summed E-state index contributed by atoms with van der Waals surface area (Å²) in [5.74, 6) is 0.256. The van der Waals surface area contributed by atoms with E-state index < -0.39 is 5.92 Å². The maximum Gasteiger partial charge on any atom is 0.234 e. The summed E-state index contributed by atoms with van der Waals surface area (Å²) in [4.78, 5) is 27.7. The molecule has 0 spiro atoms. The average Bonchev–Trinajstić information content (AvgIpc) is 3.16. The highest BCUT2D eigenvalue weighted by Gasteiger charge is 2.41. The van der Waals surface area contributed by atoms with E-state index in [0.717, 1.165) is 15.6 Å². The molecule has 2 heterocycles. The number of rotatable bonds is 5. The molecule has 2 aromatic rings. The third kappa shape index (κ3) is 3.89. The van der Waals surface area contributed by atoms with E-state index in [9.17, 15) is 9.59 Å². The molecule has 1 aromatic carbocycles. The number of anilines is 1. The number of ketones is 1. The molecule has 0 N–H and O–H groups in total. The largest absolute Gasteiger partial charge is 0.294 e. The number of carbonyl (C=O) groups excluding carboxylic acids is 2. The Morgan fingerprint density at radius 3 is 2.90 bits per heavy atom. The Morgan fingerprint density at radius 1 is 1.28 bits per heavy atom. The Balaban J connectivity index is 1.80. The van der Waals surface area contributed by atoms with Crippen molar-refractivity contribution in [2.45, 2.75) is 35.9 Å². The summed E-state index contributed by atoms with van der Waals surface area (Å²) in [6.45, 7) is 3.70. The average molecular weight is 466 g/mol. The zero-order valence-corrected chi connectivity index (χ0v) is 18.5. The van der Waals surface area contributed by atoms with Crippen LogP contribution in [-0.2, 0) is 9.59 Å². The Kier molecular flexibility index (Phi) is 6.11. The highest BCUT2D eigenvalue weighted by molar-refractivity contribution is 8.01. The van der Waals surface area contributed by atoms with Gasteiger partial charge in [0, 0.05) is 35.8 Å². The number of halogens is 2. The highest BCUT2D eigenvalue weighted by atomic mass is 35.5. The number of hydrogen-bond donors (Lipinski definition) is 0. The molecule has 2 aliphatic rings. The number of benzene rings is 1. The summed E-state index contributed by atoms with van der Waals surface area (Å²) < 4.78 is 0.761. The van der Waals surface area contributed by atoms with Gasteiger partial charge < -0.3 is 0 Å². The second-order valence-electron chi connectivity index (χ2n) is 6.72. The standard InChI is InChI=1S/C20H17Cl2N3O2S2/c1-2-9-28-20-24-23-19(29-20)25-14-7-4-8-15(26)17(14)12(10-16(25)27)11-5-3-6-13(21)18(11)22/h2-3,5-6,12H,1,4,7-10H2/t12-/m1/s1. The summed E-state index contributed by atoms with van der Waals surface area (Å²) >= 11 is 15.5. The summed E-state index contributed by atoms with van der Waals surface area (Å²) in [6.07, 6.45) is 3.73. The predicted octanol–water partition coefficient (Wildman–Crippen LogP) is 5.65. The topological polar surface area (TPSA) is 63.2 Å². The molecule has 9 heteroatoms. The SMILES string of the molecule is C=CCSc1nnc(N2C(=O)C[C@H](c3cccc(Cl)c3Cl)C3=C2CCCC3=O)s1. The minimum Gasteiger partial charge on any atom is -0.294 e. The van der Waals surface area contributed by atoms with Gasteiger partial charge in [-0.15, -0.1) is 16.8 Å². The molecule has 1 aliphatic carbocycles. The number of thioether (sulfide) groups is 1. The molecule has 1 amide bonds. The van der Waals surface area contributed by atoms with Gasteiger partial charge in [-0.1, -0.05) is 64.5 Å². The van der Waals surface area contributed by atoms with E-state index in [2.05, 4.69) is 16.8 Å². The number of hydrogen-bond acceptors (Lipinski definition) is 6. The van der Waals surface area contributed by atoms with Crippen molar-refractivity contribution in [2.75, 3.05) is 10.7 Å². The van der Waals surface area contributed by atoms with Crippen LogP contribution in [0, 0.1) is 0 Å². The van der Waals surface area contributed by atoms with Crippen LogP contribution in [0.25, 0.3) is 0 Å². The van der Waals surface area contributed by atoms with E-state index in [0.29, 0.717) is 45.8 Å². The molecule has 150 valence electrons. The molecule has 4 rings (SSSR count). The number of nitrogens with zero attached hydrogens (tertiary/aromatic N) is 3. The molecule has 0 unspecified atom stereocenters. The molecule has 0 saturated heterocycles. The molecule has 5 nitrogen and oxygen atoms in total. The minimum atomic E-state index is -0.393. The van der Waals surface area contributed by atoms with Crippen LogP contribution in [0.2, 0.25) is 10.0 Å². The van der Waals surface area contributed by atoms with E-state index in [1.165, 1.54) is 23.1 Å². The fourth-order valence-corrected chi connectivity index (χ4v) is 5.84. The normalized spacial score (nSPS) is 19.5. The number of carbonyl (C=O) groups is 2. The molecule has 1 atom stereocenters. The lowest BCUT2D eigenvalue weighted by molar-refractivity contribution is -0.119. The lowest BCUT2D eigenvalue weighted by atomic mass is 9.77. The van der Waals surface area contributed by atoms with E-state index in [1.54, 1.807) is 23.1 Å². The van der Waals surface area contributed by atoms with Crippen LogP contribution in [0.15, 0.2) is 46.5 Å². The predicted molar refractivity (Wildman–Crippen MR) is 118 cm³/mol. The van der Waals surface area contributed by atoms with Gasteiger partial charge in [-0.25, -0.2) is 0 Å². The van der Waals surface area contributed by atoms with Crippen LogP contribution in [-0.4, -0.2) is 27.6 Å². The van der Waals surface area contributed by atoms with Gasteiger partial charge in [0.2, 0.25) is 11.0 Å².